The fourth-order valence-electron chi connectivity index (χ4n) is 6.66. The Morgan fingerprint density at radius 2 is 1.64 bits per heavy atom. The number of fused-ring (bicyclic) bond motifs is 2. The second-order valence-electron chi connectivity index (χ2n) is 14.1. The number of alkyl halides is 7. The summed E-state index contributed by atoms with van der Waals surface area (Å²) in [6.07, 6.45) is -9.37. The quantitative estimate of drug-likeness (QED) is 0.0956. The number of hydrogen-bond donors (Lipinski definition) is 4. The SMILES string of the molecule is Cn1nc(NS(N)(=O)=O)c2c(Cl)ccc(-c3ccc(C#CC(C)(C)O)nc3[C@H](Cc3cc(F)cc(F)c3)NC(=O)Cn3nc(C(F)(F)F)c4c3C(F)(F)CCC4(F)F)c21. The van der Waals surface area contributed by atoms with Crippen molar-refractivity contribution in [1.82, 2.24) is 29.9 Å². The number of aliphatic hydroxyl groups is 1. The number of nitrogens with zero attached hydrogens (tertiary/aromatic N) is 5. The minimum atomic E-state index is -5.63. The Bertz CT molecular complexity index is 2660. The van der Waals surface area contributed by atoms with E-state index in [2.05, 4.69) is 32.3 Å². The summed E-state index contributed by atoms with van der Waals surface area (Å²) in [6, 6.07) is 6.28. The predicted molar refractivity (Wildman–Crippen MR) is 194 cm³/mol. The zero-order chi connectivity index (χ0) is 43.6. The maximum Gasteiger partial charge on any atom is 0.435 e. The van der Waals surface area contributed by atoms with Crippen LogP contribution in [-0.4, -0.2) is 49.6 Å². The van der Waals surface area contributed by atoms with Crippen molar-refractivity contribution in [2.24, 2.45) is 12.2 Å². The molecule has 0 radical (unpaired) electrons. The molecule has 0 saturated carbocycles. The molecular weight excluding hydrogens is 847 g/mol. The number of benzene rings is 2. The average Bonchev–Trinajstić information content (AvgIpc) is 3.64. The van der Waals surface area contributed by atoms with Crippen LogP contribution in [0.15, 0.2) is 42.5 Å². The number of pyridine rings is 1. The molecule has 314 valence electrons. The van der Waals surface area contributed by atoms with Gasteiger partial charge in [0.05, 0.1) is 33.2 Å². The third-order valence-electron chi connectivity index (χ3n) is 8.89. The highest BCUT2D eigenvalue weighted by Gasteiger charge is 2.57. The van der Waals surface area contributed by atoms with Gasteiger partial charge in [-0.05, 0) is 62.1 Å². The molecule has 0 aliphatic heterocycles. The van der Waals surface area contributed by atoms with Gasteiger partial charge in [-0.1, -0.05) is 23.6 Å². The first-order chi connectivity index (χ1) is 27.1. The van der Waals surface area contributed by atoms with Crippen molar-refractivity contribution in [1.29, 1.82) is 0 Å². The number of hydrogen-bond acceptors (Lipinski definition) is 7. The number of amides is 1. The van der Waals surface area contributed by atoms with Gasteiger partial charge >= 0.3 is 6.18 Å². The molecule has 5 N–H and O–H groups in total. The van der Waals surface area contributed by atoms with Gasteiger partial charge in [0.1, 0.15) is 35.2 Å². The van der Waals surface area contributed by atoms with E-state index in [1.807, 2.05) is 4.72 Å². The standard InChI is InChI=1S/C36H30ClF9N8O4S/c1-33(2,56)9-8-20-4-5-21(22-6-7-23(37)26-29(22)53(3)51-32(26)52-59(47,57)58)28(48-20)24(14-17-12-18(38)15-19(39)13-17)49-25(55)16-54-31-27(30(50-54)36(44,45)46)34(40,41)10-11-35(31,42)43/h4-7,12-13,15,24,56H,10-11,14,16H2,1-3H3,(H,49,55)(H,51,52)(H2,47,57,58)/t24-/m0/s1. The van der Waals surface area contributed by atoms with Crippen molar-refractivity contribution in [3.8, 4) is 23.0 Å². The van der Waals surface area contributed by atoms with Gasteiger partial charge in [0.25, 0.3) is 22.1 Å². The van der Waals surface area contributed by atoms with Crippen LogP contribution in [0.5, 0.6) is 0 Å². The van der Waals surface area contributed by atoms with Crippen molar-refractivity contribution in [3.63, 3.8) is 0 Å². The number of anilines is 1. The summed E-state index contributed by atoms with van der Waals surface area (Å²) < 4.78 is 158. The van der Waals surface area contributed by atoms with E-state index in [1.165, 1.54) is 49.8 Å². The summed E-state index contributed by atoms with van der Waals surface area (Å²) in [6.45, 7) is 1.24. The first-order valence-corrected chi connectivity index (χ1v) is 19.0. The number of nitrogens with two attached hydrogens (primary N) is 1. The smallest absolute Gasteiger partial charge is 0.378 e. The molecule has 1 atom stereocenters. The van der Waals surface area contributed by atoms with Crippen molar-refractivity contribution < 1.29 is 57.8 Å². The van der Waals surface area contributed by atoms with Gasteiger partial charge in [0.2, 0.25) is 5.91 Å². The Hall–Kier alpha value is -5.37. The number of carbonyl (C=O) groups is 1. The lowest BCUT2D eigenvalue weighted by atomic mass is 9.89. The molecule has 1 aliphatic carbocycles. The van der Waals surface area contributed by atoms with Crippen molar-refractivity contribution in [3.05, 3.63) is 93.0 Å². The number of nitrogens with one attached hydrogen (secondary N) is 2. The molecule has 0 spiro atoms. The highest BCUT2D eigenvalue weighted by atomic mass is 35.5. The van der Waals surface area contributed by atoms with Gasteiger partial charge < -0.3 is 10.4 Å². The van der Waals surface area contributed by atoms with Crippen molar-refractivity contribution >= 4 is 44.4 Å². The fourth-order valence-corrected chi connectivity index (χ4v) is 7.32. The Balaban J connectivity index is 1.56. The van der Waals surface area contributed by atoms with Crippen LogP contribution in [0.3, 0.4) is 0 Å². The van der Waals surface area contributed by atoms with Crippen LogP contribution >= 0.6 is 11.6 Å². The molecule has 2 aromatic carbocycles. The van der Waals surface area contributed by atoms with Gasteiger partial charge in [-0.3, -0.25) is 18.9 Å². The van der Waals surface area contributed by atoms with Crippen LogP contribution in [0.1, 0.15) is 66.6 Å². The molecule has 1 aliphatic rings. The second kappa shape index (κ2) is 15.0. The zero-order valence-corrected chi connectivity index (χ0v) is 32.2. The molecule has 23 heteroatoms. The second-order valence-corrected chi connectivity index (χ2v) is 15.8. The lowest BCUT2D eigenvalue weighted by molar-refractivity contribution is -0.149. The summed E-state index contributed by atoms with van der Waals surface area (Å²) >= 11 is 6.48. The van der Waals surface area contributed by atoms with Crippen LogP contribution < -0.4 is 15.2 Å². The number of rotatable bonds is 9. The Kier molecular flexibility index (Phi) is 11.0. The van der Waals surface area contributed by atoms with Crippen LogP contribution in [0.4, 0.5) is 45.3 Å². The van der Waals surface area contributed by atoms with E-state index in [-0.39, 0.29) is 54.5 Å². The lowest BCUT2D eigenvalue weighted by Gasteiger charge is -2.30. The lowest BCUT2D eigenvalue weighted by Crippen LogP contribution is -2.37. The Morgan fingerprint density at radius 3 is 2.25 bits per heavy atom. The molecule has 12 nitrogen and oxygen atoms in total. The predicted octanol–water partition coefficient (Wildman–Crippen LogP) is 6.60. The van der Waals surface area contributed by atoms with E-state index < -0.39 is 100 Å². The number of carbonyl (C=O) groups excluding carboxylic acids is 1. The van der Waals surface area contributed by atoms with Crippen LogP contribution in [0.25, 0.3) is 22.0 Å². The molecule has 0 fully saturated rings. The van der Waals surface area contributed by atoms with E-state index in [0.717, 1.165) is 12.1 Å². The summed E-state index contributed by atoms with van der Waals surface area (Å²) in [7, 11) is -3.00. The van der Waals surface area contributed by atoms with Gasteiger partial charge in [-0.15, -0.1) is 0 Å². The number of halogens is 10. The highest BCUT2D eigenvalue weighted by molar-refractivity contribution is 7.90. The van der Waals surface area contributed by atoms with Crippen LogP contribution in [-0.2, 0) is 53.0 Å². The summed E-state index contributed by atoms with van der Waals surface area (Å²) in [4.78, 5) is 18.4. The highest BCUT2D eigenvalue weighted by Crippen LogP contribution is 2.53. The molecule has 0 saturated heterocycles. The minimum absolute atomic E-state index is 0.0200. The topological polar surface area (TPSA) is 170 Å². The van der Waals surface area contributed by atoms with Gasteiger partial charge in [-0.25, -0.2) is 27.7 Å². The summed E-state index contributed by atoms with van der Waals surface area (Å²) in [5.74, 6) is -7.27. The summed E-state index contributed by atoms with van der Waals surface area (Å²) in [5, 5.41) is 25.1. The first-order valence-electron chi connectivity index (χ1n) is 17.0. The number of aryl methyl sites for hydroxylation is 1. The van der Waals surface area contributed by atoms with Gasteiger partial charge in [0, 0.05) is 37.1 Å². The zero-order valence-electron chi connectivity index (χ0n) is 30.6. The van der Waals surface area contributed by atoms with Crippen LogP contribution in [0.2, 0.25) is 5.02 Å². The Morgan fingerprint density at radius 1 is 1.02 bits per heavy atom. The van der Waals surface area contributed by atoms with Crippen molar-refractivity contribution in [2.75, 3.05) is 4.72 Å². The fraction of sp³-hybridized carbons (Fsp3) is 0.333. The van der Waals surface area contributed by atoms with E-state index in [9.17, 15) is 49.1 Å². The van der Waals surface area contributed by atoms with Gasteiger partial charge in [-0.2, -0.15) is 40.6 Å². The van der Waals surface area contributed by atoms with Crippen molar-refractivity contribution in [2.45, 2.75) is 69.3 Å². The normalized spacial score (nSPS) is 15.6. The minimum Gasteiger partial charge on any atom is -0.378 e. The monoisotopic (exact) mass is 876 g/mol. The van der Waals surface area contributed by atoms with Crippen LogP contribution in [0, 0.1) is 23.5 Å². The molecule has 3 aromatic heterocycles. The average molecular weight is 877 g/mol. The van der Waals surface area contributed by atoms with E-state index in [0.29, 0.717) is 6.07 Å². The molecule has 59 heavy (non-hydrogen) atoms. The van der Waals surface area contributed by atoms with E-state index >= 15 is 8.78 Å². The third-order valence-corrected chi connectivity index (χ3v) is 9.69. The van der Waals surface area contributed by atoms with Gasteiger partial charge in [0.15, 0.2) is 11.5 Å². The molecule has 3 heterocycles. The molecule has 0 bridgehead atoms. The molecule has 0 unspecified atom stereocenters. The number of aromatic nitrogens is 5. The molecule has 5 aromatic rings. The molecule has 6 rings (SSSR count). The molecule has 1 amide bonds. The third kappa shape index (κ3) is 9.27. The summed E-state index contributed by atoms with van der Waals surface area (Å²) in [5.41, 5.74) is -7.75. The van der Waals surface area contributed by atoms with E-state index in [1.54, 1.807) is 0 Å². The van der Waals surface area contributed by atoms with E-state index in [4.69, 9.17) is 16.7 Å². The maximum absolute atomic E-state index is 15.2. The molecular formula is C36H30ClF9N8O4S. The first kappa shape index (κ1) is 43.2. The largest absolute Gasteiger partial charge is 0.435 e. The Labute approximate surface area is 333 Å². The maximum atomic E-state index is 15.2.